The molecule has 0 radical (unpaired) electrons. The van der Waals surface area contributed by atoms with E-state index in [1.807, 2.05) is 31.2 Å². The van der Waals surface area contributed by atoms with E-state index in [1.54, 1.807) is 6.20 Å². The number of aromatic carboxylic acids is 1. The third kappa shape index (κ3) is 2.74. The van der Waals surface area contributed by atoms with E-state index < -0.39 is 5.97 Å². The van der Waals surface area contributed by atoms with Gasteiger partial charge in [-0.25, -0.2) is 9.78 Å². The Hall–Kier alpha value is -2.16. The molecule has 0 aliphatic rings. The van der Waals surface area contributed by atoms with Gasteiger partial charge in [-0.2, -0.15) is 0 Å². The smallest absolute Gasteiger partial charge is 0.354 e. The summed E-state index contributed by atoms with van der Waals surface area (Å²) in [5.41, 5.74) is 3.19. The number of hydrogen-bond acceptors (Lipinski definition) is 2. The van der Waals surface area contributed by atoms with E-state index in [9.17, 15) is 4.79 Å². The molecule has 0 unspecified atom stereocenters. The molecule has 0 aliphatic carbocycles. The Kier molecular flexibility index (Phi) is 3.72. The molecule has 3 nitrogen and oxygen atoms in total. The summed E-state index contributed by atoms with van der Waals surface area (Å²) in [5, 5.41) is 9.01. The van der Waals surface area contributed by atoms with Gasteiger partial charge in [-0.3, -0.25) is 0 Å². The van der Waals surface area contributed by atoms with Crippen LogP contribution in [-0.4, -0.2) is 16.1 Å². The number of hydrogen-bond donors (Lipinski definition) is 1. The van der Waals surface area contributed by atoms with Crippen LogP contribution in [0.15, 0.2) is 42.6 Å². The molecular formula is C15H15NO2. The molecule has 92 valence electrons. The average Bonchev–Trinajstić information content (AvgIpc) is 2.39. The zero-order chi connectivity index (χ0) is 13.0. The minimum atomic E-state index is -0.960. The van der Waals surface area contributed by atoms with Gasteiger partial charge in [0.1, 0.15) is 0 Å². The fraction of sp³-hybridized carbons (Fsp3) is 0.200. The second-order valence-electron chi connectivity index (χ2n) is 4.17. The number of pyridine rings is 1. The summed E-state index contributed by atoms with van der Waals surface area (Å²) < 4.78 is 0. The summed E-state index contributed by atoms with van der Waals surface area (Å²) in [5.74, 6) is -0.960. The monoisotopic (exact) mass is 241 g/mol. The summed E-state index contributed by atoms with van der Waals surface area (Å²) in [6.07, 6.45) is 3.10. The van der Waals surface area contributed by atoms with Crippen molar-refractivity contribution in [1.29, 1.82) is 0 Å². The molecule has 0 aliphatic heterocycles. The predicted molar refractivity (Wildman–Crippen MR) is 69.8 cm³/mol. The van der Waals surface area contributed by atoms with E-state index in [1.165, 1.54) is 5.56 Å². The third-order valence-electron chi connectivity index (χ3n) is 2.86. The van der Waals surface area contributed by atoms with Crippen LogP contribution >= 0.6 is 0 Å². The van der Waals surface area contributed by atoms with Crippen LogP contribution in [0.25, 0.3) is 0 Å². The van der Waals surface area contributed by atoms with E-state index in [4.69, 9.17) is 5.11 Å². The van der Waals surface area contributed by atoms with E-state index >= 15 is 0 Å². The van der Waals surface area contributed by atoms with Crippen molar-refractivity contribution in [3.05, 3.63) is 65.0 Å². The van der Waals surface area contributed by atoms with Crippen LogP contribution in [0.1, 0.15) is 34.1 Å². The second-order valence-corrected chi connectivity index (χ2v) is 4.17. The Bertz CT molecular complexity index is 550. The van der Waals surface area contributed by atoms with Gasteiger partial charge in [0.05, 0.1) is 0 Å². The molecule has 0 bridgehead atoms. The summed E-state index contributed by atoms with van der Waals surface area (Å²) >= 11 is 0. The zero-order valence-electron chi connectivity index (χ0n) is 10.3. The molecule has 0 spiro atoms. The number of aromatic nitrogens is 1. The van der Waals surface area contributed by atoms with Crippen molar-refractivity contribution in [2.24, 2.45) is 0 Å². The highest BCUT2D eigenvalue weighted by atomic mass is 16.4. The number of aryl methyl sites for hydroxylation is 1. The third-order valence-corrected chi connectivity index (χ3v) is 2.86. The SMILES string of the molecule is CCc1cc(Cc2ccccc2)cnc1C(=O)O. The van der Waals surface area contributed by atoms with Crippen molar-refractivity contribution >= 4 is 5.97 Å². The first-order chi connectivity index (χ1) is 8.70. The molecule has 3 heteroatoms. The van der Waals surface area contributed by atoms with Gasteiger partial charge in [0, 0.05) is 6.20 Å². The lowest BCUT2D eigenvalue weighted by Crippen LogP contribution is -2.06. The van der Waals surface area contributed by atoms with Gasteiger partial charge in [0.25, 0.3) is 0 Å². The highest BCUT2D eigenvalue weighted by Gasteiger charge is 2.11. The van der Waals surface area contributed by atoms with Crippen molar-refractivity contribution in [1.82, 2.24) is 4.98 Å². The molecule has 0 saturated carbocycles. The first-order valence-corrected chi connectivity index (χ1v) is 5.95. The van der Waals surface area contributed by atoms with E-state index in [2.05, 4.69) is 17.1 Å². The fourth-order valence-electron chi connectivity index (χ4n) is 1.95. The highest BCUT2D eigenvalue weighted by Crippen LogP contribution is 2.14. The largest absolute Gasteiger partial charge is 0.477 e. The van der Waals surface area contributed by atoms with Crippen molar-refractivity contribution in [3.8, 4) is 0 Å². The molecule has 0 fully saturated rings. The van der Waals surface area contributed by atoms with Gasteiger partial charge in [0.2, 0.25) is 0 Å². The summed E-state index contributed by atoms with van der Waals surface area (Å²) in [6.45, 7) is 1.94. The van der Waals surface area contributed by atoms with Gasteiger partial charge in [-0.05, 0) is 29.5 Å². The van der Waals surface area contributed by atoms with Crippen molar-refractivity contribution in [3.63, 3.8) is 0 Å². The number of nitrogens with zero attached hydrogens (tertiary/aromatic N) is 1. The van der Waals surface area contributed by atoms with Gasteiger partial charge in [-0.15, -0.1) is 0 Å². The maximum absolute atomic E-state index is 11.0. The Morgan fingerprint density at radius 2 is 1.94 bits per heavy atom. The number of rotatable bonds is 4. The minimum Gasteiger partial charge on any atom is -0.477 e. The Labute approximate surface area is 106 Å². The Morgan fingerprint density at radius 3 is 2.56 bits per heavy atom. The number of benzene rings is 1. The summed E-state index contributed by atoms with van der Waals surface area (Å²) in [6, 6.07) is 12.0. The molecule has 1 N–H and O–H groups in total. The van der Waals surface area contributed by atoms with Gasteiger partial charge in [0.15, 0.2) is 5.69 Å². The van der Waals surface area contributed by atoms with Gasteiger partial charge >= 0.3 is 5.97 Å². The van der Waals surface area contributed by atoms with Crippen molar-refractivity contribution in [2.45, 2.75) is 19.8 Å². The first kappa shape index (κ1) is 12.3. The number of carbonyl (C=O) groups is 1. The average molecular weight is 241 g/mol. The second kappa shape index (κ2) is 5.45. The van der Waals surface area contributed by atoms with Crippen LogP contribution < -0.4 is 0 Å². The van der Waals surface area contributed by atoms with Gasteiger partial charge < -0.3 is 5.11 Å². The quantitative estimate of drug-likeness (QED) is 0.895. The normalized spacial score (nSPS) is 10.3. The summed E-state index contributed by atoms with van der Waals surface area (Å²) in [4.78, 5) is 15.0. The fourth-order valence-corrected chi connectivity index (χ4v) is 1.95. The zero-order valence-corrected chi connectivity index (χ0v) is 10.3. The lowest BCUT2D eigenvalue weighted by molar-refractivity contribution is 0.0689. The molecule has 1 heterocycles. The lowest BCUT2D eigenvalue weighted by Gasteiger charge is -2.06. The van der Waals surface area contributed by atoms with Gasteiger partial charge in [-0.1, -0.05) is 43.3 Å². The summed E-state index contributed by atoms with van der Waals surface area (Å²) in [7, 11) is 0. The Morgan fingerprint density at radius 1 is 1.22 bits per heavy atom. The molecule has 1 aromatic carbocycles. The van der Waals surface area contributed by atoms with E-state index in [0.717, 1.165) is 17.5 Å². The Balaban J connectivity index is 2.28. The molecule has 18 heavy (non-hydrogen) atoms. The molecule has 0 amide bonds. The molecule has 2 rings (SSSR count). The van der Waals surface area contributed by atoms with Crippen LogP contribution in [0.5, 0.6) is 0 Å². The van der Waals surface area contributed by atoms with Crippen LogP contribution in [0.3, 0.4) is 0 Å². The van der Waals surface area contributed by atoms with Crippen molar-refractivity contribution in [2.75, 3.05) is 0 Å². The van der Waals surface area contributed by atoms with E-state index in [-0.39, 0.29) is 5.69 Å². The van der Waals surface area contributed by atoms with Crippen LogP contribution in [0.4, 0.5) is 0 Å². The minimum absolute atomic E-state index is 0.161. The molecule has 0 saturated heterocycles. The molecular weight excluding hydrogens is 226 g/mol. The number of carboxylic acids is 1. The molecule has 2 aromatic rings. The topological polar surface area (TPSA) is 50.2 Å². The maximum atomic E-state index is 11.0. The molecule has 1 aromatic heterocycles. The lowest BCUT2D eigenvalue weighted by atomic mass is 10.0. The molecule has 0 atom stereocenters. The van der Waals surface area contributed by atoms with Crippen LogP contribution in [0, 0.1) is 0 Å². The standard InChI is InChI=1S/C15H15NO2/c1-2-13-9-12(10-16-14(13)15(17)18)8-11-6-4-3-5-7-11/h3-7,9-10H,2,8H2,1H3,(H,17,18). The van der Waals surface area contributed by atoms with Crippen molar-refractivity contribution < 1.29 is 9.90 Å². The highest BCUT2D eigenvalue weighted by molar-refractivity contribution is 5.87. The van der Waals surface area contributed by atoms with Crippen LogP contribution in [-0.2, 0) is 12.8 Å². The van der Waals surface area contributed by atoms with Crippen LogP contribution in [0.2, 0.25) is 0 Å². The maximum Gasteiger partial charge on any atom is 0.354 e. The first-order valence-electron chi connectivity index (χ1n) is 5.95. The number of carboxylic acid groups (broad SMARTS) is 1. The predicted octanol–water partition coefficient (Wildman–Crippen LogP) is 2.93. The van der Waals surface area contributed by atoms with E-state index in [0.29, 0.717) is 6.42 Å².